The summed E-state index contributed by atoms with van der Waals surface area (Å²) < 4.78 is 0. The van der Waals surface area contributed by atoms with Crippen LogP contribution in [0.2, 0.25) is 0 Å². The summed E-state index contributed by atoms with van der Waals surface area (Å²) in [4.78, 5) is 0. The first kappa shape index (κ1) is 10.2. The molecule has 0 radical (unpaired) electrons. The van der Waals surface area contributed by atoms with Crippen LogP contribution in [0.15, 0.2) is 0 Å². The van der Waals surface area contributed by atoms with Crippen molar-refractivity contribution in [3.8, 4) is 0 Å². The highest BCUT2D eigenvalue weighted by molar-refractivity contribution is 6.20. The average Bonchev–Trinajstić information content (AvgIpc) is 1.85. The van der Waals surface area contributed by atoms with E-state index in [1.807, 2.05) is 20.8 Å². The predicted molar refractivity (Wildman–Crippen MR) is 45.5 cm³/mol. The van der Waals surface area contributed by atoms with Gasteiger partial charge in [-0.05, 0) is 33.1 Å². The van der Waals surface area contributed by atoms with Gasteiger partial charge in [0.25, 0.3) is 0 Å². The van der Waals surface area contributed by atoms with E-state index >= 15 is 0 Å². The molecule has 0 rings (SSSR count). The van der Waals surface area contributed by atoms with Crippen LogP contribution in [-0.4, -0.2) is 16.1 Å². The molecular weight excluding hydrogens is 148 g/mol. The minimum absolute atomic E-state index is 0.179. The third-order valence-electron chi connectivity index (χ3n) is 1.84. The van der Waals surface area contributed by atoms with Crippen molar-refractivity contribution in [2.24, 2.45) is 0 Å². The molecule has 0 aliphatic carbocycles. The number of hydrogen-bond donors (Lipinski definition) is 1. The summed E-state index contributed by atoms with van der Waals surface area (Å²) in [5.41, 5.74) is -0.511. The maximum atomic E-state index is 9.51. The first-order valence-electron chi connectivity index (χ1n) is 3.84. The van der Waals surface area contributed by atoms with Gasteiger partial charge in [0.2, 0.25) is 0 Å². The number of halogens is 1. The summed E-state index contributed by atoms with van der Waals surface area (Å²) in [7, 11) is 0. The number of hydrogen-bond acceptors (Lipinski definition) is 1. The van der Waals surface area contributed by atoms with Crippen molar-refractivity contribution in [1.29, 1.82) is 0 Å². The second kappa shape index (κ2) is 4.20. The molecule has 2 unspecified atom stereocenters. The normalized spacial score (nSPS) is 20.1. The van der Waals surface area contributed by atoms with Gasteiger partial charge in [-0.25, -0.2) is 0 Å². The summed E-state index contributed by atoms with van der Waals surface area (Å²) in [5.74, 6) is 0. The fourth-order valence-electron chi connectivity index (χ4n) is 0.687. The first-order valence-corrected chi connectivity index (χ1v) is 4.28. The quantitative estimate of drug-likeness (QED) is 0.634. The second-order valence-corrected chi connectivity index (χ2v) is 3.91. The minimum atomic E-state index is -0.511. The fourth-order valence-corrected chi connectivity index (χ4v) is 0.796. The smallest absolute Gasteiger partial charge is 0.0617 e. The van der Waals surface area contributed by atoms with Crippen LogP contribution in [-0.2, 0) is 0 Å². The molecule has 0 aromatic rings. The van der Waals surface area contributed by atoms with Gasteiger partial charge in [0.1, 0.15) is 0 Å². The van der Waals surface area contributed by atoms with E-state index in [0.717, 1.165) is 19.3 Å². The van der Waals surface area contributed by atoms with Gasteiger partial charge in [-0.15, -0.1) is 11.6 Å². The van der Waals surface area contributed by atoms with Gasteiger partial charge in [-0.3, -0.25) is 0 Å². The van der Waals surface area contributed by atoms with Gasteiger partial charge >= 0.3 is 0 Å². The van der Waals surface area contributed by atoms with E-state index in [1.54, 1.807) is 0 Å². The van der Waals surface area contributed by atoms with Crippen LogP contribution in [0.25, 0.3) is 0 Å². The van der Waals surface area contributed by atoms with Crippen molar-refractivity contribution in [3.05, 3.63) is 0 Å². The molecule has 1 N–H and O–H groups in total. The van der Waals surface area contributed by atoms with Crippen LogP contribution < -0.4 is 0 Å². The zero-order chi connectivity index (χ0) is 8.20. The van der Waals surface area contributed by atoms with Crippen LogP contribution in [0.5, 0.6) is 0 Å². The monoisotopic (exact) mass is 164 g/mol. The molecular formula is C8H17ClO. The minimum Gasteiger partial charge on any atom is -0.390 e. The molecule has 0 fully saturated rings. The average molecular weight is 165 g/mol. The lowest BCUT2D eigenvalue weighted by Gasteiger charge is -2.21. The Kier molecular flexibility index (Phi) is 4.30. The Labute approximate surface area is 68.4 Å². The van der Waals surface area contributed by atoms with Gasteiger partial charge in [-0.1, -0.05) is 6.92 Å². The van der Waals surface area contributed by atoms with Gasteiger partial charge in [0, 0.05) is 5.38 Å². The van der Waals surface area contributed by atoms with E-state index in [9.17, 15) is 5.11 Å². The van der Waals surface area contributed by atoms with Crippen LogP contribution in [0.3, 0.4) is 0 Å². The second-order valence-electron chi connectivity index (χ2n) is 3.17. The largest absolute Gasteiger partial charge is 0.390 e. The first-order chi connectivity index (χ1) is 4.48. The lowest BCUT2D eigenvalue weighted by Crippen LogP contribution is -2.23. The molecule has 10 heavy (non-hydrogen) atoms. The molecule has 0 aliphatic rings. The van der Waals surface area contributed by atoms with E-state index in [4.69, 9.17) is 11.6 Å². The maximum absolute atomic E-state index is 9.51. The Hall–Kier alpha value is 0.250. The summed E-state index contributed by atoms with van der Waals surface area (Å²) in [6.07, 6.45) is 2.49. The fraction of sp³-hybridized carbons (Fsp3) is 1.00. The molecule has 0 aromatic carbocycles. The summed E-state index contributed by atoms with van der Waals surface area (Å²) in [5, 5.41) is 9.69. The number of aliphatic hydroxyl groups is 1. The zero-order valence-corrected chi connectivity index (χ0v) is 7.78. The Bertz CT molecular complexity index is 89.3. The molecule has 2 atom stereocenters. The summed E-state index contributed by atoms with van der Waals surface area (Å²) in [6, 6.07) is 0. The van der Waals surface area contributed by atoms with Gasteiger partial charge in [0.05, 0.1) is 5.60 Å². The highest BCUT2D eigenvalue weighted by Gasteiger charge is 2.17. The molecule has 62 valence electrons. The van der Waals surface area contributed by atoms with E-state index in [2.05, 4.69) is 0 Å². The Balaban J connectivity index is 3.46. The molecule has 0 saturated carbocycles. The zero-order valence-electron chi connectivity index (χ0n) is 7.02. The molecule has 0 saturated heterocycles. The predicted octanol–water partition coefficient (Wildman–Crippen LogP) is 2.55. The summed E-state index contributed by atoms with van der Waals surface area (Å²) in [6.45, 7) is 5.79. The maximum Gasteiger partial charge on any atom is 0.0617 e. The Morgan fingerprint density at radius 3 is 2.40 bits per heavy atom. The number of alkyl halides is 1. The van der Waals surface area contributed by atoms with E-state index < -0.39 is 5.60 Å². The topological polar surface area (TPSA) is 20.2 Å². The van der Waals surface area contributed by atoms with E-state index in [-0.39, 0.29) is 5.38 Å². The van der Waals surface area contributed by atoms with Crippen molar-refractivity contribution < 1.29 is 5.11 Å². The van der Waals surface area contributed by atoms with Gasteiger partial charge in [0.15, 0.2) is 0 Å². The van der Waals surface area contributed by atoms with Crippen LogP contribution in [0.1, 0.15) is 40.0 Å². The molecule has 0 aromatic heterocycles. The van der Waals surface area contributed by atoms with Gasteiger partial charge < -0.3 is 5.11 Å². The molecule has 1 nitrogen and oxygen atoms in total. The van der Waals surface area contributed by atoms with E-state index in [1.165, 1.54) is 0 Å². The third-order valence-corrected chi connectivity index (χ3v) is 2.06. The molecule has 0 spiro atoms. The lowest BCUT2D eigenvalue weighted by atomic mass is 9.96. The van der Waals surface area contributed by atoms with E-state index in [0.29, 0.717) is 0 Å². The van der Waals surface area contributed by atoms with Crippen LogP contribution in [0, 0.1) is 0 Å². The lowest BCUT2D eigenvalue weighted by molar-refractivity contribution is 0.0450. The number of rotatable bonds is 4. The van der Waals surface area contributed by atoms with Crippen molar-refractivity contribution in [2.75, 3.05) is 0 Å². The van der Waals surface area contributed by atoms with Crippen molar-refractivity contribution >= 4 is 11.6 Å². The molecule has 2 heteroatoms. The molecule has 0 heterocycles. The van der Waals surface area contributed by atoms with Crippen LogP contribution >= 0.6 is 11.6 Å². The Morgan fingerprint density at radius 1 is 1.60 bits per heavy atom. The van der Waals surface area contributed by atoms with Gasteiger partial charge in [-0.2, -0.15) is 0 Å². The van der Waals surface area contributed by atoms with Crippen molar-refractivity contribution in [2.45, 2.75) is 51.0 Å². The molecule has 0 aliphatic heterocycles. The SMILES string of the molecule is CCC(C)(O)CCC(C)Cl. The highest BCUT2D eigenvalue weighted by Crippen LogP contribution is 2.18. The molecule has 0 bridgehead atoms. The van der Waals surface area contributed by atoms with Crippen molar-refractivity contribution in [3.63, 3.8) is 0 Å². The standard InChI is InChI=1S/C8H17ClO/c1-4-8(3,10)6-5-7(2)9/h7,10H,4-6H2,1-3H3. The molecule has 0 amide bonds. The van der Waals surface area contributed by atoms with Crippen molar-refractivity contribution in [1.82, 2.24) is 0 Å². The summed E-state index contributed by atoms with van der Waals surface area (Å²) >= 11 is 5.73. The highest BCUT2D eigenvalue weighted by atomic mass is 35.5. The third kappa shape index (κ3) is 5.07. The Morgan fingerprint density at radius 2 is 2.10 bits per heavy atom. The van der Waals surface area contributed by atoms with Crippen LogP contribution in [0.4, 0.5) is 0 Å².